The summed E-state index contributed by atoms with van der Waals surface area (Å²) in [5.74, 6) is 0.476. The normalized spacial score (nSPS) is 11.1. The quantitative estimate of drug-likeness (QED) is 0.239. The molecule has 10 heteroatoms. The van der Waals surface area contributed by atoms with E-state index in [1.807, 2.05) is 52.0 Å². The predicted octanol–water partition coefficient (Wildman–Crippen LogP) is 5.74. The van der Waals surface area contributed by atoms with E-state index in [9.17, 15) is 13.2 Å². The van der Waals surface area contributed by atoms with Gasteiger partial charge < -0.3 is 14.8 Å². The molecule has 0 radical (unpaired) electrons. The summed E-state index contributed by atoms with van der Waals surface area (Å²) in [6.07, 6.45) is 5.17. The lowest BCUT2D eigenvalue weighted by molar-refractivity contribution is 0.0964. The standard InChI is InChI=1S/C24H32N3O4PS.C2H6O.C2H6/c1-16-9-11-18(12-10-16)21-20(23(28)25-3)19-15-17(2)22(26-24(19)31-21)27(33(5,29)30)13-7-6-8-14-32-4;1-2-3;1-2/h9-12,15,32H,6-8,13-14H2,1-5H3,(H,25,28);3H,2H2,1H3;1-2H3. The van der Waals surface area contributed by atoms with Crippen LogP contribution in [0.25, 0.3) is 22.4 Å². The van der Waals surface area contributed by atoms with Crippen LogP contribution in [0.4, 0.5) is 5.82 Å². The molecule has 38 heavy (non-hydrogen) atoms. The van der Waals surface area contributed by atoms with Crippen molar-refractivity contribution < 1.29 is 22.7 Å². The Morgan fingerprint density at radius 1 is 1.13 bits per heavy atom. The molecule has 2 aromatic heterocycles. The Morgan fingerprint density at radius 2 is 1.74 bits per heavy atom. The zero-order valence-electron chi connectivity index (χ0n) is 24.0. The van der Waals surface area contributed by atoms with Gasteiger partial charge in [0.15, 0.2) is 0 Å². The minimum absolute atomic E-state index is 0.241. The fourth-order valence-electron chi connectivity index (χ4n) is 3.79. The van der Waals surface area contributed by atoms with E-state index in [4.69, 9.17) is 9.52 Å². The van der Waals surface area contributed by atoms with Gasteiger partial charge in [0.2, 0.25) is 15.7 Å². The number of aliphatic hydroxyl groups excluding tert-OH is 1. The van der Waals surface area contributed by atoms with Gasteiger partial charge in [0.05, 0.1) is 17.2 Å². The third kappa shape index (κ3) is 9.07. The van der Waals surface area contributed by atoms with Crippen LogP contribution in [0.3, 0.4) is 0 Å². The number of rotatable bonds is 10. The second kappa shape index (κ2) is 16.5. The van der Waals surface area contributed by atoms with Gasteiger partial charge in [-0.25, -0.2) is 8.42 Å². The van der Waals surface area contributed by atoms with E-state index in [2.05, 4.69) is 17.0 Å². The van der Waals surface area contributed by atoms with Gasteiger partial charge in [0.25, 0.3) is 5.91 Å². The topological polar surface area (TPSA) is 113 Å². The largest absolute Gasteiger partial charge is 0.437 e. The predicted molar refractivity (Wildman–Crippen MR) is 162 cm³/mol. The number of nitrogens with one attached hydrogen (secondary N) is 1. The molecule has 0 spiro atoms. The number of fused-ring (bicyclic) bond motifs is 1. The fraction of sp³-hybridized carbons (Fsp3) is 0.500. The molecule has 3 rings (SSSR count). The molecule has 0 aliphatic heterocycles. The number of unbranched alkanes of at least 4 members (excludes halogenated alkanes) is 2. The summed E-state index contributed by atoms with van der Waals surface area (Å²) in [7, 11) is -1.05. The number of anilines is 1. The van der Waals surface area contributed by atoms with E-state index in [0.717, 1.165) is 39.0 Å². The highest BCUT2D eigenvalue weighted by molar-refractivity contribution is 7.92. The number of carbonyl (C=O) groups is 1. The van der Waals surface area contributed by atoms with Gasteiger partial charge in [-0.15, -0.1) is 8.58 Å². The number of aryl methyl sites for hydroxylation is 2. The van der Waals surface area contributed by atoms with E-state index in [1.54, 1.807) is 20.0 Å². The first-order valence-corrected chi connectivity index (χ1v) is 16.6. The molecule has 1 unspecified atom stereocenters. The summed E-state index contributed by atoms with van der Waals surface area (Å²) < 4.78 is 32.6. The molecule has 212 valence electrons. The van der Waals surface area contributed by atoms with E-state index in [-0.39, 0.29) is 18.2 Å². The second-order valence-corrected chi connectivity index (χ2v) is 11.7. The summed E-state index contributed by atoms with van der Waals surface area (Å²) in [5.41, 5.74) is 3.16. The molecular formula is C28H44N3O5PS. The van der Waals surface area contributed by atoms with Crippen molar-refractivity contribution in [2.75, 3.05) is 43.6 Å². The van der Waals surface area contributed by atoms with Gasteiger partial charge >= 0.3 is 0 Å². The third-order valence-corrected chi connectivity index (χ3v) is 7.55. The first-order valence-electron chi connectivity index (χ1n) is 13.0. The van der Waals surface area contributed by atoms with E-state index in [0.29, 0.717) is 34.6 Å². The summed E-state index contributed by atoms with van der Waals surface area (Å²) in [5, 5.41) is 10.8. The van der Waals surface area contributed by atoms with Crippen LogP contribution in [0.1, 0.15) is 61.5 Å². The highest BCUT2D eigenvalue weighted by Gasteiger charge is 2.26. The van der Waals surface area contributed by atoms with Crippen molar-refractivity contribution in [3.63, 3.8) is 0 Å². The maximum atomic E-state index is 12.8. The molecular weight excluding hydrogens is 521 g/mol. The molecule has 0 aliphatic carbocycles. The van der Waals surface area contributed by atoms with Crippen LogP contribution in [0.15, 0.2) is 34.7 Å². The Labute approximate surface area is 230 Å². The maximum absolute atomic E-state index is 12.8. The molecule has 0 saturated carbocycles. The van der Waals surface area contributed by atoms with Gasteiger partial charge in [-0.05, 0) is 58.1 Å². The highest BCUT2D eigenvalue weighted by Crippen LogP contribution is 2.36. The first kappa shape index (κ1) is 33.5. The molecule has 0 fully saturated rings. The van der Waals surface area contributed by atoms with E-state index < -0.39 is 10.0 Å². The zero-order valence-corrected chi connectivity index (χ0v) is 25.8. The Balaban J connectivity index is 0.00000135. The lowest BCUT2D eigenvalue weighted by Crippen LogP contribution is -2.32. The van der Waals surface area contributed by atoms with Crippen molar-refractivity contribution in [3.05, 3.63) is 47.0 Å². The second-order valence-electron chi connectivity index (χ2n) is 8.55. The number of sulfonamides is 1. The Kier molecular flexibility index (Phi) is 14.5. The minimum Gasteiger partial charge on any atom is -0.437 e. The van der Waals surface area contributed by atoms with Crippen LogP contribution < -0.4 is 9.62 Å². The van der Waals surface area contributed by atoms with Crippen LogP contribution in [-0.4, -0.2) is 63.7 Å². The van der Waals surface area contributed by atoms with Crippen molar-refractivity contribution in [2.24, 2.45) is 0 Å². The Bertz CT molecular complexity index is 1260. The van der Waals surface area contributed by atoms with Crippen molar-refractivity contribution in [2.45, 2.75) is 53.9 Å². The molecule has 2 heterocycles. The Morgan fingerprint density at radius 3 is 2.26 bits per heavy atom. The average Bonchev–Trinajstić information content (AvgIpc) is 3.25. The van der Waals surface area contributed by atoms with Gasteiger partial charge in [-0.3, -0.25) is 9.10 Å². The molecule has 0 saturated heterocycles. The number of furan rings is 1. The summed E-state index contributed by atoms with van der Waals surface area (Å²) in [6, 6.07) is 9.48. The molecule has 1 atom stereocenters. The van der Waals surface area contributed by atoms with Crippen LogP contribution in [-0.2, 0) is 10.0 Å². The molecule has 8 nitrogen and oxygen atoms in total. The first-order chi connectivity index (χ1) is 18.1. The lowest BCUT2D eigenvalue weighted by atomic mass is 10.0. The SMILES string of the molecule is CC.CCO.CNC(=O)c1c(-c2ccc(C)cc2)oc2nc(N(CCCCCPC)S(C)(=O)=O)c(C)cc12. The minimum atomic E-state index is -3.53. The number of hydrogen-bond acceptors (Lipinski definition) is 6. The van der Waals surface area contributed by atoms with Crippen LogP contribution in [0, 0.1) is 13.8 Å². The maximum Gasteiger partial charge on any atom is 0.255 e. The molecule has 1 aromatic carbocycles. The zero-order chi connectivity index (χ0) is 28.9. The van der Waals surface area contributed by atoms with Gasteiger partial charge in [-0.1, -0.05) is 50.1 Å². The highest BCUT2D eigenvalue weighted by atomic mass is 32.2. The number of amides is 1. The number of pyridine rings is 1. The number of nitrogens with zero attached hydrogens (tertiary/aromatic N) is 2. The lowest BCUT2D eigenvalue weighted by Gasteiger charge is -2.22. The van der Waals surface area contributed by atoms with Crippen LogP contribution in [0.5, 0.6) is 0 Å². The van der Waals surface area contributed by atoms with Crippen LogP contribution >= 0.6 is 8.58 Å². The van der Waals surface area contributed by atoms with E-state index >= 15 is 0 Å². The van der Waals surface area contributed by atoms with Crippen molar-refractivity contribution >= 4 is 41.4 Å². The van der Waals surface area contributed by atoms with E-state index in [1.165, 1.54) is 16.7 Å². The van der Waals surface area contributed by atoms with Crippen molar-refractivity contribution in [1.82, 2.24) is 10.3 Å². The van der Waals surface area contributed by atoms with Crippen molar-refractivity contribution in [1.29, 1.82) is 0 Å². The summed E-state index contributed by atoms with van der Waals surface area (Å²) in [4.78, 5) is 17.4. The fourth-order valence-corrected chi connectivity index (χ4v) is 5.35. The molecule has 3 aromatic rings. The molecule has 0 bridgehead atoms. The molecule has 0 aliphatic rings. The van der Waals surface area contributed by atoms with Gasteiger partial charge in [0, 0.05) is 25.8 Å². The number of hydrogen-bond donors (Lipinski definition) is 2. The van der Waals surface area contributed by atoms with Gasteiger partial charge in [-0.2, -0.15) is 4.98 Å². The van der Waals surface area contributed by atoms with Gasteiger partial charge in [0.1, 0.15) is 11.6 Å². The average molecular weight is 566 g/mol. The number of aliphatic hydroxyl groups is 1. The van der Waals surface area contributed by atoms with Crippen LogP contribution in [0.2, 0.25) is 0 Å². The number of benzene rings is 1. The monoisotopic (exact) mass is 565 g/mol. The third-order valence-electron chi connectivity index (χ3n) is 5.54. The number of carbonyl (C=O) groups excluding carboxylic acids is 1. The molecule has 2 N–H and O–H groups in total. The summed E-state index contributed by atoms with van der Waals surface area (Å²) >= 11 is 0. The molecule has 1 amide bonds. The smallest absolute Gasteiger partial charge is 0.255 e. The van der Waals surface area contributed by atoms with Crippen molar-refractivity contribution in [3.8, 4) is 11.3 Å². The Hall–Kier alpha value is -2.48. The summed E-state index contributed by atoms with van der Waals surface area (Å²) in [6.45, 7) is 12.3. The number of aromatic nitrogens is 1.